The van der Waals surface area contributed by atoms with E-state index in [1.807, 2.05) is 24.3 Å². The van der Waals surface area contributed by atoms with Gasteiger partial charge in [0, 0.05) is 11.1 Å². The van der Waals surface area contributed by atoms with Gasteiger partial charge in [0.2, 0.25) is 0 Å². The fourth-order valence-corrected chi connectivity index (χ4v) is 2.54. The van der Waals surface area contributed by atoms with Crippen LogP contribution in [0, 0.1) is 0 Å². The number of rotatable bonds is 7. The van der Waals surface area contributed by atoms with E-state index in [0.717, 1.165) is 5.56 Å². The maximum absolute atomic E-state index is 12.7. The van der Waals surface area contributed by atoms with Gasteiger partial charge in [0.15, 0.2) is 5.78 Å². The van der Waals surface area contributed by atoms with Crippen LogP contribution in [0.15, 0.2) is 101 Å². The third-order valence-electron chi connectivity index (χ3n) is 4.11. The second kappa shape index (κ2) is 9.37. The van der Waals surface area contributed by atoms with Crippen LogP contribution in [0.2, 0.25) is 0 Å². The molecule has 5 nitrogen and oxygen atoms in total. The first-order chi connectivity index (χ1) is 14.0. The molecule has 144 valence electrons. The molecule has 0 aliphatic rings. The molecule has 0 aliphatic carbocycles. The number of carbonyl (C=O) groups is 2. The van der Waals surface area contributed by atoms with Gasteiger partial charge in [-0.15, -0.1) is 5.11 Å². The van der Waals surface area contributed by atoms with Gasteiger partial charge in [-0.25, -0.2) is 4.79 Å². The maximum atomic E-state index is 12.7. The summed E-state index contributed by atoms with van der Waals surface area (Å²) in [5.74, 6) is -0.525. The molecule has 0 unspecified atom stereocenters. The van der Waals surface area contributed by atoms with Crippen molar-refractivity contribution in [3.05, 3.63) is 108 Å². The molecule has 0 fully saturated rings. The average Bonchev–Trinajstić information content (AvgIpc) is 2.77. The molecule has 0 spiro atoms. The van der Waals surface area contributed by atoms with Crippen molar-refractivity contribution >= 4 is 23.1 Å². The molecule has 0 heterocycles. The highest BCUT2D eigenvalue weighted by atomic mass is 16.5. The van der Waals surface area contributed by atoms with Crippen molar-refractivity contribution < 1.29 is 14.3 Å². The van der Waals surface area contributed by atoms with Crippen LogP contribution >= 0.6 is 0 Å². The van der Waals surface area contributed by atoms with Crippen LogP contribution in [0.5, 0.6) is 0 Å². The molecule has 0 N–H and O–H groups in total. The SMILES string of the molecule is C=C(C)C(=O)OCc1ccc(N=Nc2ccccc2C(=O)c2ccccc2)cc1. The van der Waals surface area contributed by atoms with E-state index in [-0.39, 0.29) is 12.4 Å². The Morgan fingerprint density at radius 3 is 2.21 bits per heavy atom. The van der Waals surface area contributed by atoms with Crippen molar-refractivity contribution in [1.29, 1.82) is 0 Å². The molecule has 0 bridgehead atoms. The minimum Gasteiger partial charge on any atom is -0.457 e. The van der Waals surface area contributed by atoms with Gasteiger partial charge in [0.25, 0.3) is 0 Å². The van der Waals surface area contributed by atoms with Gasteiger partial charge < -0.3 is 4.74 Å². The Hall–Kier alpha value is -3.86. The van der Waals surface area contributed by atoms with Gasteiger partial charge in [0.05, 0.1) is 16.9 Å². The lowest BCUT2D eigenvalue weighted by Crippen LogP contribution is -2.04. The van der Waals surface area contributed by atoms with Gasteiger partial charge in [-0.05, 0) is 36.8 Å². The summed E-state index contributed by atoms with van der Waals surface area (Å²) in [7, 11) is 0. The van der Waals surface area contributed by atoms with Crippen LogP contribution in [0.1, 0.15) is 28.4 Å². The number of azo groups is 1. The first kappa shape index (κ1) is 19.9. The quantitative estimate of drug-likeness (QED) is 0.219. The van der Waals surface area contributed by atoms with Crippen molar-refractivity contribution in [2.45, 2.75) is 13.5 Å². The first-order valence-corrected chi connectivity index (χ1v) is 9.06. The zero-order chi connectivity index (χ0) is 20.6. The molecule has 5 heteroatoms. The number of ether oxygens (including phenoxy) is 1. The second-order valence-corrected chi connectivity index (χ2v) is 6.44. The summed E-state index contributed by atoms with van der Waals surface area (Å²) >= 11 is 0. The van der Waals surface area contributed by atoms with Gasteiger partial charge in [-0.3, -0.25) is 4.79 Å². The smallest absolute Gasteiger partial charge is 0.333 e. The van der Waals surface area contributed by atoms with Crippen LogP contribution < -0.4 is 0 Å². The zero-order valence-electron chi connectivity index (χ0n) is 16.0. The standard InChI is InChI=1S/C24H20N2O3/c1-17(2)24(28)29-16-18-12-14-20(15-13-18)25-26-22-11-7-6-10-21(22)23(27)19-8-4-3-5-9-19/h3-15H,1,16H2,2H3. The molecule has 3 aromatic rings. The summed E-state index contributed by atoms with van der Waals surface area (Å²) in [6.07, 6.45) is 0. The Morgan fingerprint density at radius 2 is 1.52 bits per heavy atom. The van der Waals surface area contributed by atoms with E-state index in [9.17, 15) is 9.59 Å². The molecule has 0 radical (unpaired) electrons. The number of hydrogen-bond donors (Lipinski definition) is 0. The first-order valence-electron chi connectivity index (χ1n) is 9.06. The molecule has 0 saturated carbocycles. The van der Waals surface area contributed by atoms with Gasteiger partial charge in [-0.2, -0.15) is 5.11 Å². The van der Waals surface area contributed by atoms with E-state index in [0.29, 0.717) is 28.1 Å². The van der Waals surface area contributed by atoms with Gasteiger partial charge in [0.1, 0.15) is 6.61 Å². The van der Waals surface area contributed by atoms with E-state index in [4.69, 9.17) is 4.74 Å². The lowest BCUT2D eigenvalue weighted by atomic mass is 10.0. The molecule has 0 saturated heterocycles. The topological polar surface area (TPSA) is 68.1 Å². The fraction of sp³-hybridized carbons (Fsp3) is 0.0833. The average molecular weight is 384 g/mol. The Kier molecular flexibility index (Phi) is 6.43. The van der Waals surface area contributed by atoms with E-state index >= 15 is 0 Å². The summed E-state index contributed by atoms with van der Waals surface area (Å²) in [6.45, 7) is 5.31. The molecule has 29 heavy (non-hydrogen) atoms. The molecular weight excluding hydrogens is 364 g/mol. The van der Waals surface area contributed by atoms with Crippen molar-refractivity contribution in [2.75, 3.05) is 0 Å². The third kappa shape index (κ3) is 5.32. The molecule has 0 aromatic heterocycles. The van der Waals surface area contributed by atoms with E-state index in [1.54, 1.807) is 61.5 Å². The van der Waals surface area contributed by atoms with E-state index in [1.165, 1.54) is 0 Å². The second-order valence-electron chi connectivity index (χ2n) is 6.44. The largest absolute Gasteiger partial charge is 0.457 e. The Labute approximate surface area is 169 Å². The molecule has 0 amide bonds. The van der Waals surface area contributed by atoms with Crippen LogP contribution in [0.25, 0.3) is 0 Å². The number of ketones is 1. The molecule has 0 aliphatic heterocycles. The van der Waals surface area contributed by atoms with Crippen LogP contribution in [-0.2, 0) is 16.1 Å². The number of esters is 1. The Bertz CT molecular complexity index is 1050. The molecule has 0 atom stereocenters. The lowest BCUT2D eigenvalue weighted by Gasteiger charge is -2.05. The van der Waals surface area contributed by atoms with Crippen LogP contribution in [-0.4, -0.2) is 11.8 Å². The normalized spacial score (nSPS) is 10.7. The molecular formula is C24H20N2O3. The van der Waals surface area contributed by atoms with E-state index in [2.05, 4.69) is 16.8 Å². The summed E-state index contributed by atoms with van der Waals surface area (Å²) in [4.78, 5) is 24.2. The minimum absolute atomic E-state index is 0.102. The van der Waals surface area contributed by atoms with Crippen LogP contribution in [0.4, 0.5) is 11.4 Å². The van der Waals surface area contributed by atoms with Crippen molar-refractivity contribution in [2.24, 2.45) is 10.2 Å². The summed E-state index contributed by atoms with van der Waals surface area (Å²) in [6, 6.07) is 23.3. The summed E-state index contributed by atoms with van der Waals surface area (Å²) < 4.78 is 5.11. The summed E-state index contributed by atoms with van der Waals surface area (Å²) in [5, 5.41) is 8.49. The monoisotopic (exact) mass is 384 g/mol. The highest BCUT2D eigenvalue weighted by Gasteiger charge is 2.12. The maximum Gasteiger partial charge on any atom is 0.333 e. The van der Waals surface area contributed by atoms with Crippen molar-refractivity contribution in [3.63, 3.8) is 0 Å². The number of benzene rings is 3. The van der Waals surface area contributed by atoms with Gasteiger partial charge in [-0.1, -0.05) is 61.2 Å². The Balaban J connectivity index is 1.73. The lowest BCUT2D eigenvalue weighted by molar-refractivity contribution is -0.140. The molecule has 3 aromatic carbocycles. The van der Waals surface area contributed by atoms with E-state index < -0.39 is 5.97 Å². The predicted molar refractivity (Wildman–Crippen MR) is 112 cm³/mol. The predicted octanol–water partition coefficient (Wildman–Crippen LogP) is 5.95. The number of hydrogen-bond acceptors (Lipinski definition) is 5. The third-order valence-corrected chi connectivity index (χ3v) is 4.11. The zero-order valence-corrected chi connectivity index (χ0v) is 16.0. The van der Waals surface area contributed by atoms with Gasteiger partial charge >= 0.3 is 5.97 Å². The van der Waals surface area contributed by atoms with Crippen LogP contribution in [0.3, 0.4) is 0 Å². The number of carbonyl (C=O) groups excluding carboxylic acids is 2. The van der Waals surface area contributed by atoms with Crippen molar-refractivity contribution in [1.82, 2.24) is 0 Å². The fourth-order valence-electron chi connectivity index (χ4n) is 2.54. The Morgan fingerprint density at radius 1 is 0.862 bits per heavy atom. The highest BCUT2D eigenvalue weighted by Crippen LogP contribution is 2.25. The number of nitrogens with zero attached hydrogens (tertiary/aromatic N) is 2. The van der Waals surface area contributed by atoms with Crippen molar-refractivity contribution in [3.8, 4) is 0 Å². The highest BCUT2D eigenvalue weighted by molar-refractivity contribution is 6.11. The summed E-state index contributed by atoms with van der Waals surface area (Å²) in [5.41, 5.74) is 3.41. The minimum atomic E-state index is -0.423. The molecule has 3 rings (SSSR count).